The van der Waals surface area contributed by atoms with E-state index < -0.39 is 0 Å². The van der Waals surface area contributed by atoms with Crippen LogP contribution in [0.1, 0.15) is 51.1 Å². The van der Waals surface area contributed by atoms with Gasteiger partial charge in [-0.15, -0.1) is 0 Å². The van der Waals surface area contributed by atoms with E-state index >= 15 is 0 Å². The molecule has 0 atom stereocenters. The first-order valence-corrected chi connectivity index (χ1v) is 9.39. The Labute approximate surface area is 149 Å². The van der Waals surface area contributed by atoms with Crippen molar-refractivity contribution in [3.05, 3.63) is 24.2 Å². The highest BCUT2D eigenvalue weighted by Crippen LogP contribution is 2.48. The molecular weight excluding hydrogens is 312 g/mol. The highest BCUT2D eigenvalue weighted by molar-refractivity contribution is 5.62. The fraction of sp³-hybridized carbons (Fsp3) is 0.632. The van der Waals surface area contributed by atoms with Crippen LogP contribution in [0.5, 0.6) is 0 Å². The third-order valence-corrected chi connectivity index (χ3v) is 5.80. The van der Waals surface area contributed by atoms with Crippen LogP contribution >= 0.6 is 0 Å². The van der Waals surface area contributed by atoms with E-state index in [1.807, 2.05) is 30.2 Å². The third-order valence-electron chi connectivity index (χ3n) is 5.80. The van der Waals surface area contributed by atoms with E-state index in [2.05, 4.69) is 22.3 Å². The summed E-state index contributed by atoms with van der Waals surface area (Å²) < 4.78 is 2.00. The predicted octanol–water partition coefficient (Wildman–Crippen LogP) is 2.90. The van der Waals surface area contributed by atoms with Gasteiger partial charge in [0.1, 0.15) is 0 Å². The topological polar surface area (TPSA) is 81.7 Å². The van der Waals surface area contributed by atoms with Gasteiger partial charge in [-0.25, -0.2) is 9.97 Å². The van der Waals surface area contributed by atoms with E-state index in [0.717, 1.165) is 43.4 Å². The Morgan fingerprint density at radius 3 is 2.76 bits per heavy atom. The number of hydrogen-bond acceptors (Lipinski definition) is 5. The number of hydrogen-bond donors (Lipinski definition) is 2. The molecule has 6 nitrogen and oxygen atoms in total. The monoisotopic (exact) mass is 340 g/mol. The Kier molecular flexibility index (Phi) is 4.23. The SMILES string of the molecule is Cn1ncc(-c2ccnc(N[C@H]3CC[C@H](N)CC3)n2)c1CC1(C)CC1. The zero-order valence-electron chi connectivity index (χ0n) is 15.2. The molecule has 25 heavy (non-hydrogen) atoms. The van der Waals surface area contributed by atoms with Gasteiger partial charge in [0.2, 0.25) is 5.95 Å². The highest BCUT2D eigenvalue weighted by Gasteiger charge is 2.38. The molecule has 4 rings (SSSR count). The van der Waals surface area contributed by atoms with E-state index in [0.29, 0.717) is 23.4 Å². The molecule has 0 radical (unpaired) electrons. The van der Waals surface area contributed by atoms with Crippen molar-refractivity contribution in [2.75, 3.05) is 5.32 Å². The molecule has 2 fully saturated rings. The van der Waals surface area contributed by atoms with Crippen LogP contribution < -0.4 is 11.1 Å². The van der Waals surface area contributed by atoms with Gasteiger partial charge in [0, 0.05) is 36.6 Å². The number of rotatable bonds is 5. The van der Waals surface area contributed by atoms with Gasteiger partial charge in [-0.2, -0.15) is 5.10 Å². The summed E-state index contributed by atoms with van der Waals surface area (Å²) in [7, 11) is 2.02. The molecule has 0 unspecified atom stereocenters. The maximum absolute atomic E-state index is 6.00. The van der Waals surface area contributed by atoms with Crippen molar-refractivity contribution in [2.24, 2.45) is 18.2 Å². The zero-order valence-corrected chi connectivity index (χ0v) is 15.2. The number of nitrogens with zero attached hydrogens (tertiary/aromatic N) is 4. The largest absolute Gasteiger partial charge is 0.351 e. The van der Waals surface area contributed by atoms with Crippen LogP contribution in [0, 0.1) is 5.41 Å². The molecule has 0 aromatic carbocycles. The van der Waals surface area contributed by atoms with E-state index in [4.69, 9.17) is 10.7 Å². The minimum Gasteiger partial charge on any atom is -0.351 e. The van der Waals surface area contributed by atoms with Crippen LogP contribution in [-0.2, 0) is 13.5 Å². The Morgan fingerprint density at radius 1 is 1.28 bits per heavy atom. The molecule has 0 bridgehead atoms. The van der Waals surface area contributed by atoms with Crippen LogP contribution in [-0.4, -0.2) is 31.8 Å². The maximum atomic E-state index is 6.00. The molecule has 2 aromatic rings. The number of aryl methyl sites for hydroxylation is 1. The van der Waals surface area contributed by atoms with Gasteiger partial charge >= 0.3 is 0 Å². The molecule has 3 N–H and O–H groups in total. The zero-order chi connectivity index (χ0) is 17.4. The average molecular weight is 340 g/mol. The standard InChI is InChI=1S/C19H28N6/c1-19(8-9-19)11-17-15(12-22-25(17)2)16-7-10-21-18(24-16)23-14-5-3-13(20)4-6-14/h7,10,12-14H,3-6,8-9,11,20H2,1-2H3,(H,21,23,24)/t13-,14-. The van der Waals surface area contributed by atoms with Crippen molar-refractivity contribution in [2.45, 2.75) is 64.0 Å². The summed E-state index contributed by atoms with van der Waals surface area (Å²) in [6.07, 6.45) is 11.8. The summed E-state index contributed by atoms with van der Waals surface area (Å²) in [6.45, 7) is 2.35. The molecule has 0 amide bonds. The van der Waals surface area contributed by atoms with Crippen molar-refractivity contribution in [3.63, 3.8) is 0 Å². The fourth-order valence-corrected chi connectivity index (χ4v) is 3.71. The molecule has 6 heteroatoms. The maximum Gasteiger partial charge on any atom is 0.223 e. The Hall–Kier alpha value is -1.95. The van der Waals surface area contributed by atoms with Gasteiger partial charge in [0.15, 0.2) is 0 Å². The van der Waals surface area contributed by atoms with Crippen LogP contribution in [0.25, 0.3) is 11.3 Å². The minimum atomic E-state index is 0.354. The molecular formula is C19H28N6. The molecule has 0 saturated heterocycles. The average Bonchev–Trinajstić information content (AvgIpc) is 3.23. The lowest BCUT2D eigenvalue weighted by atomic mass is 9.92. The van der Waals surface area contributed by atoms with E-state index in [1.54, 1.807) is 0 Å². The minimum absolute atomic E-state index is 0.354. The lowest BCUT2D eigenvalue weighted by molar-refractivity contribution is 0.410. The van der Waals surface area contributed by atoms with Crippen molar-refractivity contribution in [1.29, 1.82) is 0 Å². The lowest BCUT2D eigenvalue weighted by Crippen LogP contribution is -2.33. The quantitative estimate of drug-likeness (QED) is 0.874. The summed E-state index contributed by atoms with van der Waals surface area (Å²) in [5.74, 6) is 0.713. The van der Waals surface area contributed by atoms with Gasteiger partial charge in [0.05, 0.1) is 11.9 Å². The van der Waals surface area contributed by atoms with Crippen LogP contribution in [0.15, 0.2) is 18.5 Å². The van der Waals surface area contributed by atoms with Crippen LogP contribution in [0.2, 0.25) is 0 Å². The van der Waals surface area contributed by atoms with E-state index in [1.165, 1.54) is 18.5 Å². The first-order valence-electron chi connectivity index (χ1n) is 9.39. The highest BCUT2D eigenvalue weighted by atomic mass is 15.3. The molecule has 0 spiro atoms. The molecule has 2 heterocycles. The van der Waals surface area contributed by atoms with E-state index in [9.17, 15) is 0 Å². The summed E-state index contributed by atoms with van der Waals surface area (Å²) in [5.41, 5.74) is 9.80. The van der Waals surface area contributed by atoms with Gasteiger partial charge in [-0.3, -0.25) is 4.68 Å². The third kappa shape index (κ3) is 3.68. The summed E-state index contributed by atoms with van der Waals surface area (Å²) >= 11 is 0. The summed E-state index contributed by atoms with van der Waals surface area (Å²) in [5, 5.41) is 7.97. The second-order valence-corrected chi connectivity index (χ2v) is 8.14. The summed E-state index contributed by atoms with van der Waals surface area (Å²) in [4.78, 5) is 9.19. The van der Waals surface area contributed by atoms with Crippen molar-refractivity contribution < 1.29 is 0 Å². The van der Waals surface area contributed by atoms with Crippen molar-refractivity contribution in [1.82, 2.24) is 19.7 Å². The summed E-state index contributed by atoms with van der Waals surface area (Å²) in [6, 6.07) is 2.76. The van der Waals surface area contributed by atoms with Gasteiger partial charge < -0.3 is 11.1 Å². The second-order valence-electron chi connectivity index (χ2n) is 8.14. The number of anilines is 1. The first-order chi connectivity index (χ1) is 12.0. The van der Waals surface area contributed by atoms with Crippen molar-refractivity contribution >= 4 is 5.95 Å². The Morgan fingerprint density at radius 2 is 2.04 bits per heavy atom. The predicted molar refractivity (Wildman–Crippen MR) is 99.1 cm³/mol. The number of nitrogens with one attached hydrogen (secondary N) is 1. The number of aromatic nitrogens is 4. The fourth-order valence-electron chi connectivity index (χ4n) is 3.71. The first kappa shape index (κ1) is 16.5. The van der Waals surface area contributed by atoms with Crippen LogP contribution in [0.4, 0.5) is 5.95 Å². The molecule has 134 valence electrons. The lowest BCUT2D eigenvalue weighted by Gasteiger charge is -2.26. The van der Waals surface area contributed by atoms with Gasteiger partial charge in [-0.1, -0.05) is 6.92 Å². The second kappa shape index (κ2) is 6.41. The van der Waals surface area contributed by atoms with Gasteiger partial charge in [0.25, 0.3) is 0 Å². The van der Waals surface area contributed by atoms with Gasteiger partial charge in [-0.05, 0) is 56.4 Å². The smallest absolute Gasteiger partial charge is 0.223 e. The van der Waals surface area contributed by atoms with Crippen molar-refractivity contribution in [3.8, 4) is 11.3 Å². The Bertz CT molecular complexity index is 740. The molecule has 2 aliphatic carbocycles. The normalized spacial score (nSPS) is 24.9. The molecule has 2 saturated carbocycles. The molecule has 0 aliphatic heterocycles. The Balaban J connectivity index is 1.53. The molecule has 2 aliphatic rings. The molecule has 2 aromatic heterocycles. The van der Waals surface area contributed by atoms with E-state index in [-0.39, 0.29) is 0 Å². The number of nitrogens with two attached hydrogens (primary N) is 1. The van der Waals surface area contributed by atoms with Crippen LogP contribution in [0.3, 0.4) is 0 Å².